The third-order valence-electron chi connectivity index (χ3n) is 4.51. The number of sulfonamides is 1. The van der Waals surface area contributed by atoms with Gasteiger partial charge in [-0.2, -0.15) is 0 Å². The van der Waals surface area contributed by atoms with E-state index >= 15 is 0 Å². The van der Waals surface area contributed by atoms with Crippen LogP contribution in [0, 0.1) is 0 Å². The lowest BCUT2D eigenvalue weighted by Crippen LogP contribution is -2.46. The summed E-state index contributed by atoms with van der Waals surface area (Å²) in [7, 11) is -3.60. The van der Waals surface area contributed by atoms with Crippen LogP contribution in [0.25, 0.3) is 0 Å². The molecule has 2 N–H and O–H groups in total. The number of ether oxygens (including phenoxy) is 2. The van der Waals surface area contributed by atoms with Gasteiger partial charge >= 0.3 is 5.97 Å². The predicted octanol–water partition coefficient (Wildman–Crippen LogP) is 1.39. The Morgan fingerprint density at radius 1 is 1.42 bits per heavy atom. The predicted molar refractivity (Wildman–Crippen MR) is 99.3 cm³/mol. The smallest absolute Gasteiger partial charge is 0.347 e. The SMILES string of the molecule is CCOC(=O)C1Cc2cc(S(=O)(=O)NC3CCNC(C)C3)ccc2O1.Cl. The summed E-state index contributed by atoms with van der Waals surface area (Å²) in [6, 6.07) is 4.92. The molecule has 0 aromatic heterocycles. The molecule has 0 saturated carbocycles. The third-order valence-corrected chi connectivity index (χ3v) is 6.03. The van der Waals surface area contributed by atoms with E-state index in [1.54, 1.807) is 19.1 Å². The summed E-state index contributed by atoms with van der Waals surface area (Å²) < 4.78 is 38.6. The van der Waals surface area contributed by atoms with Crippen LogP contribution >= 0.6 is 12.4 Å². The van der Waals surface area contributed by atoms with E-state index in [0.29, 0.717) is 23.8 Å². The van der Waals surface area contributed by atoms with E-state index in [4.69, 9.17) is 9.47 Å². The van der Waals surface area contributed by atoms with E-state index < -0.39 is 22.1 Å². The van der Waals surface area contributed by atoms with Crippen molar-refractivity contribution < 1.29 is 22.7 Å². The maximum Gasteiger partial charge on any atom is 0.347 e. The molecular weight excluding hydrogens is 380 g/mol. The Labute approximate surface area is 160 Å². The first-order chi connectivity index (χ1) is 11.9. The van der Waals surface area contributed by atoms with Crippen molar-refractivity contribution in [3.63, 3.8) is 0 Å². The van der Waals surface area contributed by atoms with E-state index in [0.717, 1.165) is 19.4 Å². The summed E-state index contributed by atoms with van der Waals surface area (Å²) in [5.74, 6) is 0.109. The molecule has 1 fully saturated rings. The molecule has 0 spiro atoms. The molecule has 3 atom stereocenters. The molecule has 2 aliphatic rings. The molecule has 1 saturated heterocycles. The van der Waals surface area contributed by atoms with Gasteiger partial charge in [0.1, 0.15) is 5.75 Å². The minimum atomic E-state index is -3.60. The van der Waals surface area contributed by atoms with Crippen molar-refractivity contribution in [3.8, 4) is 5.75 Å². The lowest BCUT2D eigenvalue weighted by Gasteiger charge is -2.28. The molecule has 0 aliphatic carbocycles. The number of benzene rings is 1. The Kier molecular flexibility index (Phi) is 6.90. The summed E-state index contributed by atoms with van der Waals surface area (Å²) >= 11 is 0. The zero-order chi connectivity index (χ0) is 18.0. The zero-order valence-corrected chi connectivity index (χ0v) is 16.5. The summed E-state index contributed by atoms with van der Waals surface area (Å²) in [5, 5.41) is 3.30. The standard InChI is InChI=1S/C17H24N2O5S.ClH/c1-3-23-17(20)16-10-12-9-14(4-5-15(12)24-16)25(21,22)19-13-6-7-18-11(2)8-13;/h4-5,9,11,13,16,18-19H,3,6-8,10H2,1-2H3;1H. The van der Waals surface area contributed by atoms with Crippen LogP contribution in [0.5, 0.6) is 5.75 Å². The summed E-state index contributed by atoms with van der Waals surface area (Å²) in [6.07, 6.45) is 1.15. The Hall–Kier alpha value is -1.35. The molecular formula is C17H25ClN2O5S. The van der Waals surface area contributed by atoms with E-state index in [9.17, 15) is 13.2 Å². The van der Waals surface area contributed by atoms with Gasteiger partial charge in [-0.15, -0.1) is 12.4 Å². The van der Waals surface area contributed by atoms with Crippen molar-refractivity contribution in [2.75, 3.05) is 13.2 Å². The number of carbonyl (C=O) groups excluding carboxylic acids is 1. The number of esters is 1. The van der Waals surface area contributed by atoms with Gasteiger partial charge in [-0.05, 0) is 57.0 Å². The maximum atomic E-state index is 12.7. The summed E-state index contributed by atoms with van der Waals surface area (Å²) in [5.41, 5.74) is 0.708. The molecule has 0 amide bonds. The van der Waals surface area contributed by atoms with Crippen molar-refractivity contribution >= 4 is 28.4 Å². The van der Waals surface area contributed by atoms with Crippen LogP contribution in [-0.4, -0.2) is 45.7 Å². The number of carbonyl (C=O) groups is 1. The first kappa shape index (κ1) is 21.0. The second kappa shape index (κ2) is 8.56. The van der Waals surface area contributed by atoms with E-state index in [-0.39, 0.29) is 30.0 Å². The number of nitrogens with one attached hydrogen (secondary N) is 2. The quantitative estimate of drug-likeness (QED) is 0.720. The fourth-order valence-electron chi connectivity index (χ4n) is 3.29. The van der Waals surface area contributed by atoms with E-state index in [1.165, 1.54) is 6.07 Å². The van der Waals surface area contributed by atoms with Crippen LogP contribution < -0.4 is 14.8 Å². The molecule has 3 rings (SSSR count). The topological polar surface area (TPSA) is 93.7 Å². The molecule has 26 heavy (non-hydrogen) atoms. The molecule has 2 heterocycles. The Morgan fingerprint density at radius 3 is 2.88 bits per heavy atom. The van der Waals surface area contributed by atoms with Crippen LogP contribution in [0.1, 0.15) is 32.3 Å². The molecule has 1 aromatic carbocycles. The minimum Gasteiger partial charge on any atom is -0.478 e. The van der Waals surface area contributed by atoms with Gasteiger partial charge in [-0.1, -0.05) is 0 Å². The highest BCUT2D eigenvalue weighted by molar-refractivity contribution is 7.89. The van der Waals surface area contributed by atoms with Crippen LogP contribution in [0.3, 0.4) is 0 Å². The number of rotatable bonds is 5. The largest absolute Gasteiger partial charge is 0.478 e. The molecule has 0 radical (unpaired) electrons. The van der Waals surface area contributed by atoms with Crippen molar-refractivity contribution in [3.05, 3.63) is 23.8 Å². The number of hydrogen-bond donors (Lipinski definition) is 2. The molecule has 3 unspecified atom stereocenters. The number of hydrogen-bond acceptors (Lipinski definition) is 6. The van der Waals surface area contributed by atoms with Gasteiger partial charge in [0.25, 0.3) is 0 Å². The van der Waals surface area contributed by atoms with Crippen molar-refractivity contribution in [1.82, 2.24) is 10.0 Å². The van der Waals surface area contributed by atoms with Gasteiger partial charge < -0.3 is 14.8 Å². The molecule has 1 aromatic rings. The van der Waals surface area contributed by atoms with Crippen LogP contribution in [0.15, 0.2) is 23.1 Å². The van der Waals surface area contributed by atoms with Gasteiger partial charge in [0.2, 0.25) is 10.0 Å². The van der Waals surface area contributed by atoms with Crippen LogP contribution in [-0.2, 0) is 26.0 Å². The number of halogens is 1. The summed E-state index contributed by atoms with van der Waals surface area (Å²) in [6.45, 7) is 4.86. The van der Waals surface area contributed by atoms with Gasteiger partial charge in [0.15, 0.2) is 6.10 Å². The van der Waals surface area contributed by atoms with Crippen molar-refractivity contribution in [2.45, 2.75) is 56.2 Å². The van der Waals surface area contributed by atoms with Crippen molar-refractivity contribution in [2.24, 2.45) is 0 Å². The molecule has 2 aliphatic heterocycles. The number of piperidine rings is 1. The highest BCUT2D eigenvalue weighted by atomic mass is 35.5. The third kappa shape index (κ3) is 4.68. The molecule has 0 bridgehead atoms. The summed E-state index contributed by atoms with van der Waals surface area (Å²) in [4.78, 5) is 12.0. The minimum absolute atomic E-state index is 0. The van der Waals surface area contributed by atoms with Crippen LogP contribution in [0.2, 0.25) is 0 Å². The number of fused-ring (bicyclic) bond motifs is 1. The van der Waals surface area contributed by atoms with E-state index in [2.05, 4.69) is 10.0 Å². The highest BCUT2D eigenvalue weighted by Gasteiger charge is 2.32. The second-order valence-corrected chi connectivity index (χ2v) is 8.24. The van der Waals surface area contributed by atoms with Gasteiger partial charge in [0.05, 0.1) is 11.5 Å². The first-order valence-electron chi connectivity index (χ1n) is 8.61. The van der Waals surface area contributed by atoms with Gasteiger partial charge in [-0.25, -0.2) is 17.9 Å². The monoisotopic (exact) mass is 404 g/mol. The maximum absolute atomic E-state index is 12.7. The van der Waals surface area contributed by atoms with E-state index in [1.807, 2.05) is 6.92 Å². The Bertz CT molecular complexity index is 756. The zero-order valence-electron chi connectivity index (χ0n) is 14.9. The van der Waals surface area contributed by atoms with Gasteiger partial charge in [-0.3, -0.25) is 0 Å². The normalized spacial score (nSPS) is 24.9. The van der Waals surface area contributed by atoms with Gasteiger partial charge in [0, 0.05) is 18.5 Å². The average Bonchev–Trinajstić information content (AvgIpc) is 2.98. The van der Waals surface area contributed by atoms with Crippen molar-refractivity contribution in [1.29, 1.82) is 0 Å². The van der Waals surface area contributed by atoms with Crippen LogP contribution in [0.4, 0.5) is 0 Å². The fraction of sp³-hybridized carbons (Fsp3) is 0.588. The molecule has 7 nitrogen and oxygen atoms in total. The fourth-order valence-corrected chi connectivity index (χ4v) is 4.62. The Balaban J connectivity index is 0.00000243. The lowest BCUT2D eigenvalue weighted by molar-refractivity contribution is -0.150. The molecule has 146 valence electrons. The second-order valence-electron chi connectivity index (χ2n) is 6.53. The lowest BCUT2D eigenvalue weighted by atomic mass is 10.0. The Morgan fingerprint density at radius 2 is 2.19 bits per heavy atom. The highest BCUT2D eigenvalue weighted by Crippen LogP contribution is 2.31. The first-order valence-corrected chi connectivity index (χ1v) is 10.1. The average molecular weight is 405 g/mol. The molecule has 9 heteroatoms.